The maximum atomic E-state index is 12.7. The Kier molecular flexibility index (Phi) is 5.57. The highest BCUT2D eigenvalue weighted by atomic mass is 31.2. The Morgan fingerprint density at radius 2 is 1.73 bits per heavy atom. The predicted molar refractivity (Wildman–Crippen MR) is 83.4 cm³/mol. The maximum Gasteiger partial charge on any atom is 0.396 e. The molecule has 22 heavy (non-hydrogen) atoms. The van der Waals surface area contributed by atoms with Crippen LogP contribution >= 0.6 is 7.60 Å². The van der Waals surface area contributed by atoms with Crippen LogP contribution < -0.4 is 0 Å². The first-order valence-electron chi connectivity index (χ1n) is 7.40. The van der Waals surface area contributed by atoms with Gasteiger partial charge in [-0.2, -0.15) is 0 Å². The van der Waals surface area contributed by atoms with Crippen molar-refractivity contribution >= 4 is 13.6 Å². The Hall–Kier alpha value is -1.42. The monoisotopic (exact) mass is 324 g/mol. The van der Waals surface area contributed by atoms with Crippen LogP contribution in [-0.4, -0.2) is 19.2 Å². The number of carbonyl (C=O) groups excluding carboxylic acids is 1. The highest BCUT2D eigenvalue weighted by Gasteiger charge is 2.41. The summed E-state index contributed by atoms with van der Waals surface area (Å²) in [6.45, 7) is 5.74. The third-order valence-electron chi connectivity index (χ3n) is 3.42. The summed E-state index contributed by atoms with van der Waals surface area (Å²) < 4.78 is 28.5. The van der Waals surface area contributed by atoms with Gasteiger partial charge in [-0.05, 0) is 31.4 Å². The van der Waals surface area contributed by atoms with Crippen LogP contribution in [-0.2, 0) is 23.1 Å². The van der Waals surface area contributed by atoms with E-state index in [0.29, 0.717) is 0 Å². The van der Waals surface area contributed by atoms with E-state index < -0.39 is 19.5 Å². The van der Waals surface area contributed by atoms with Crippen molar-refractivity contribution < 1.29 is 23.1 Å². The van der Waals surface area contributed by atoms with Crippen LogP contribution in [0.5, 0.6) is 0 Å². The number of benzene rings is 1. The third-order valence-corrected chi connectivity index (χ3v) is 5.39. The molecule has 1 aromatic carbocycles. The lowest BCUT2D eigenvalue weighted by Gasteiger charge is -2.29. The Morgan fingerprint density at radius 1 is 1.14 bits per heavy atom. The second kappa shape index (κ2) is 7.23. The average molecular weight is 324 g/mol. The number of allylic oxidation sites excluding steroid dienone is 1. The second-order valence-electron chi connectivity index (χ2n) is 5.01. The van der Waals surface area contributed by atoms with Crippen LogP contribution in [0.4, 0.5) is 0 Å². The normalized spacial score (nSPS) is 22.1. The lowest BCUT2D eigenvalue weighted by atomic mass is 9.86. The van der Waals surface area contributed by atoms with Gasteiger partial charge in [0.1, 0.15) is 0 Å². The Morgan fingerprint density at radius 3 is 2.23 bits per heavy atom. The number of hydrogen-bond donors (Lipinski definition) is 0. The van der Waals surface area contributed by atoms with Crippen molar-refractivity contribution in [2.75, 3.05) is 13.2 Å². The molecule has 0 radical (unpaired) electrons. The minimum Gasteiger partial charge on any atom is -0.418 e. The Labute approximate surface area is 130 Å². The van der Waals surface area contributed by atoms with E-state index in [-0.39, 0.29) is 24.6 Å². The van der Waals surface area contributed by atoms with Crippen LogP contribution in [0, 0.1) is 5.92 Å². The number of ether oxygens (including phenoxy) is 1. The first kappa shape index (κ1) is 16.9. The van der Waals surface area contributed by atoms with Crippen molar-refractivity contribution in [3.63, 3.8) is 0 Å². The molecule has 1 aliphatic rings. The summed E-state index contributed by atoms with van der Waals surface area (Å²) in [6, 6.07) is 9.40. The summed E-state index contributed by atoms with van der Waals surface area (Å²) in [4.78, 5) is 12.4. The van der Waals surface area contributed by atoms with E-state index in [1.807, 2.05) is 37.3 Å². The van der Waals surface area contributed by atoms with E-state index in [9.17, 15) is 9.36 Å². The Balaban J connectivity index is 2.32. The van der Waals surface area contributed by atoms with E-state index >= 15 is 0 Å². The first-order chi connectivity index (χ1) is 10.5. The fourth-order valence-electron chi connectivity index (χ4n) is 2.49. The van der Waals surface area contributed by atoms with Gasteiger partial charge in [0.05, 0.1) is 19.1 Å². The molecule has 120 valence electrons. The molecule has 5 nitrogen and oxygen atoms in total. The number of cyclic esters (lactones) is 1. The zero-order chi connectivity index (χ0) is 16.2. The average Bonchev–Trinajstić information content (AvgIpc) is 2.48. The molecule has 0 fully saturated rings. The molecule has 0 N–H and O–H groups in total. The number of hydrogen-bond acceptors (Lipinski definition) is 5. The molecule has 0 spiro atoms. The summed E-state index contributed by atoms with van der Waals surface area (Å²) in [7, 11) is -3.57. The third kappa shape index (κ3) is 3.49. The van der Waals surface area contributed by atoms with Gasteiger partial charge in [-0.1, -0.05) is 37.3 Å². The molecule has 1 aromatic rings. The van der Waals surface area contributed by atoms with Crippen molar-refractivity contribution in [1.82, 2.24) is 0 Å². The van der Waals surface area contributed by atoms with Gasteiger partial charge >= 0.3 is 13.6 Å². The summed E-state index contributed by atoms with van der Waals surface area (Å²) in [6.07, 6.45) is 1.67. The largest absolute Gasteiger partial charge is 0.418 e. The summed E-state index contributed by atoms with van der Waals surface area (Å²) in [5.74, 6) is -1.01. The van der Waals surface area contributed by atoms with Crippen LogP contribution in [0.2, 0.25) is 0 Å². The summed E-state index contributed by atoms with van der Waals surface area (Å²) in [5, 5.41) is 0. The number of rotatable bonds is 6. The van der Waals surface area contributed by atoms with Gasteiger partial charge in [-0.3, -0.25) is 9.36 Å². The molecular weight excluding hydrogens is 303 g/mol. The van der Waals surface area contributed by atoms with Gasteiger partial charge < -0.3 is 13.8 Å². The molecule has 0 unspecified atom stereocenters. The lowest BCUT2D eigenvalue weighted by Crippen LogP contribution is -2.26. The van der Waals surface area contributed by atoms with E-state index in [1.165, 1.54) is 0 Å². The van der Waals surface area contributed by atoms with E-state index in [0.717, 1.165) is 5.56 Å². The molecular formula is C16H21O5P. The van der Waals surface area contributed by atoms with Crippen LogP contribution in [0.15, 0.2) is 41.9 Å². The minimum atomic E-state index is -3.57. The molecule has 1 heterocycles. The molecule has 0 aromatic heterocycles. The second-order valence-corrected chi connectivity index (χ2v) is 6.96. The van der Waals surface area contributed by atoms with Crippen molar-refractivity contribution in [2.24, 2.45) is 5.92 Å². The van der Waals surface area contributed by atoms with Gasteiger partial charge in [-0.15, -0.1) is 0 Å². The fraction of sp³-hybridized carbons (Fsp3) is 0.438. The van der Waals surface area contributed by atoms with Crippen molar-refractivity contribution in [1.29, 1.82) is 0 Å². The molecule has 6 heteroatoms. The predicted octanol–water partition coefficient (Wildman–Crippen LogP) is 4.07. The van der Waals surface area contributed by atoms with Crippen LogP contribution in [0.25, 0.3) is 0 Å². The quantitative estimate of drug-likeness (QED) is 0.583. The van der Waals surface area contributed by atoms with Crippen molar-refractivity contribution in [2.45, 2.75) is 26.7 Å². The molecule has 2 rings (SSSR count). The molecule has 2 atom stereocenters. The molecule has 0 saturated carbocycles. The Bertz CT molecular complexity index is 586. The van der Waals surface area contributed by atoms with Gasteiger partial charge in [0.25, 0.3) is 0 Å². The minimum absolute atomic E-state index is 0.000816. The molecule has 0 amide bonds. The van der Waals surface area contributed by atoms with Gasteiger partial charge in [0.2, 0.25) is 5.50 Å². The highest BCUT2D eigenvalue weighted by Crippen LogP contribution is 2.58. The summed E-state index contributed by atoms with van der Waals surface area (Å²) in [5.41, 5.74) is 0.874. The maximum absolute atomic E-state index is 12.7. The number of carbonyl (C=O) groups is 1. The smallest absolute Gasteiger partial charge is 0.396 e. The molecule has 0 aliphatic carbocycles. The SMILES string of the molecule is CCOP(=O)(OCC)C1=C[C@H](C)[C@@H](c2ccccc2)C(=O)O1. The standard InChI is InChI=1S/C16H21O5P/c1-4-19-22(18,20-5-2)14-11-12(3)15(16(17)21-14)13-9-7-6-8-10-13/h6-12,15H,4-5H2,1-3H3/t12-,15-/m0/s1. The van der Waals surface area contributed by atoms with Crippen molar-refractivity contribution in [3.8, 4) is 0 Å². The fourth-order valence-corrected chi connectivity index (χ4v) is 4.12. The van der Waals surface area contributed by atoms with E-state index in [4.69, 9.17) is 13.8 Å². The van der Waals surface area contributed by atoms with E-state index in [1.54, 1.807) is 19.9 Å². The first-order valence-corrected chi connectivity index (χ1v) is 8.94. The van der Waals surface area contributed by atoms with Crippen LogP contribution in [0.3, 0.4) is 0 Å². The zero-order valence-corrected chi connectivity index (χ0v) is 13.9. The molecule has 0 saturated heterocycles. The van der Waals surface area contributed by atoms with Gasteiger partial charge in [0.15, 0.2) is 0 Å². The lowest BCUT2D eigenvalue weighted by molar-refractivity contribution is -0.142. The molecule has 1 aliphatic heterocycles. The topological polar surface area (TPSA) is 61.8 Å². The summed E-state index contributed by atoms with van der Waals surface area (Å²) >= 11 is 0. The van der Waals surface area contributed by atoms with Gasteiger partial charge in [-0.25, -0.2) is 0 Å². The molecule has 0 bridgehead atoms. The van der Waals surface area contributed by atoms with Crippen molar-refractivity contribution in [3.05, 3.63) is 47.5 Å². The van der Waals surface area contributed by atoms with Crippen LogP contribution in [0.1, 0.15) is 32.3 Å². The van der Waals surface area contributed by atoms with Gasteiger partial charge in [0, 0.05) is 0 Å². The number of esters is 1. The van der Waals surface area contributed by atoms with E-state index in [2.05, 4.69) is 0 Å². The highest BCUT2D eigenvalue weighted by molar-refractivity contribution is 7.58. The zero-order valence-electron chi connectivity index (χ0n) is 13.0.